The molecule has 0 amide bonds. The van der Waals surface area contributed by atoms with Crippen molar-refractivity contribution in [1.82, 2.24) is 10.2 Å². The van der Waals surface area contributed by atoms with Gasteiger partial charge in [-0.25, -0.2) is 4.39 Å². The third-order valence-electron chi connectivity index (χ3n) is 5.24. The van der Waals surface area contributed by atoms with Crippen LogP contribution in [0.2, 0.25) is 0 Å². The number of likely N-dealkylation sites (tertiary alicyclic amines) is 1. The van der Waals surface area contributed by atoms with E-state index in [1.54, 1.807) is 12.1 Å². The summed E-state index contributed by atoms with van der Waals surface area (Å²) in [6, 6.07) is 7.32. The summed E-state index contributed by atoms with van der Waals surface area (Å²) >= 11 is 0. The van der Waals surface area contributed by atoms with E-state index in [4.69, 9.17) is 0 Å². The molecule has 2 fully saturated rings. The van der Waals surface area contributed by atoms with Crippen molar-refractivity contribution in [3.63, 3.8) is 0 Å². The number of halogens is 1. The van der Waals surface area contributed by atoms with Gasteiger partial charge < -0.3 is 5.32 Å². The van der Waals surface area contributed by atoms with Crippen LogP contribution in [0, 0.1) is 17.7 Å². The van der Waals surface area contributed by atoms with Crippen LogP contribution in [-0.4, -0.2) is 30.1 Å². The second-order valence-corrected chi connectivity index (χ2v) is 6.53. The molecular formula is C16H23FN2. The van der Waals surface area contributed by atoms with Gasteiger partial charge >= 0.3 is 0 Å². The van der Waals surface area contributed by atoms with E-state index in [1.165, 1.54) is 0 Å². The van der Waals surface area contributed by atoms with Crippen LogP contribution in [0.5, 0.6) is 0 Å². The van der Waals surface area contributed by atoms with Crippen LogP contribution < -0.4 is 5.32 Å². The molecule has 2 saturated heterocycles. The SMILES string of the molecule is CC(c1ccccc1F)N1CC2CNCC2C1(C)C. The van der Waals surface area contributed by atoms with E-state index in [2.05, 4.69) is 31.0 Å². The Hall–Kier alpha value is -0.930. The number of hydrogen-bond donors (Lipinski definition) is 1. The molecule has 2 nitrogen and oxygen atoms in total. The van der Waals surface area contributed by atoms with Gasteiger partial charge in [0.15, 0.2) is 0 Å². The van der Waals surface area contributed by atoms with Crippen molar-refractivity contribution in [2.45, 2.75) is 32.4 Å². The van der Waals surface area contributed by atoms with Gasteiger partial charge in [0, 0.05) is 30.2 Å². The summed E-state index contributed by atoms with van der Waals surface area (Å²) < 4.78 is 14.0. The molecule has 0 bridgehead atoms. The molecule has 104 valence electrons. The molecule has 1 aromatic rings. The molecule has 0 spiro atoms. The van der Waals surface area contributed by atoms with Crippen LogP contribution in [0.25, 0.3) is 0 Å². The fraction of sp³-hybridized carbons (Fsp3) is 0.625. The van der Waals surface area contributed by atoms with E-state index in [1.807, 2.05) is 12.1 Å². The fourth-order valence-electron chi connectivity index (χ4n) is 4.09. The maximum atomic E-state index is 14.0. The molecule has 3 unspecified atom stereocenters. The molecule has 19 heavy (non-hydrogen) atoms. The molecule has 3 atom stereocenters. The fourth-order valence-corrected chi connectivity index (χ4v) is 4.09. The predicted octanol–water partition coefficient (Wildman–Crippen LogP) is 2.82. The second kappa shape index (κ2) is 4.57. The van der Waals surface area contributed by atoms with Gasteiger partial charge in [-0.1, -0.05) is 18.2 Å². The topological polar surface area (TPSA) is 15.3 Å². The zero-order chi connectivity index (χ0) is 13.6. The van der Waals surface area contributed by atoms with E-state index in [0.717, 1.165) is 25.2 Å². The molecule has 1 aromatic carbocycles. The number of rotatable bonds is 2. The highest BCUT2D eigenvalue weighted by molar-refractivity contribution is 5.22. The van der Waals surface area contributed by atoms with E-state index in [9.17, 15) is 4.39 Å². The molecule has 0 radical (unpaired) electrons. The molecule has 1 N–H and O–H groups in total. The molecule has 2 heterocycles. The van der Waals surface area contributed by atoms with E-state index >= 15 is 0 Å². The molecule has 0 aromatic heterocycles. The third-order valence-corrected chi connectivity index (χ3v) is 5.24. The van der Waals surface area contributed by atoms with Gasteiger partial charge in [0.1, 0.15) is 5.82 Å². The Balaban J connectivity index is 1.89. The van der Waals surface area contributed by atoms with Crippen LogP contribution in [0.1, 0.15) is 32.4 Å². The minimum absolute atomic E-state index is 0.0824. The molecule has 3 heteroatoms. The van der Waals surface area contributed by atoms with Crippen LogP contribution in [0.15, 0.2) is 24.3 Å². The van der Waals surface area contributed by atoms with E-state index in [-0.39, 0.29) is 17.4 Å². The quantitative estimate of drug-likeness (QED) is 0.881. The summed E-state index contributed by atoms with van der Waals surface area (Å²) in [5.74, 6) is 1.31. The van der Waals surface area contributed by atoms with Crippen molar-refractivity contribution in [2.75, 3.05) is 19.6 Å². The highest BCUT2D eigenvalue weighted by Gasteiger charge is 2.51. The Kier molecular flexibility index (Phi) is 3.14. The van der Waals surface area contributed by atoms with E-state index < -0.39 is 0 Å². The van der Waals surface area contributed by atoms with Crippen LogP contribution in [0.3, 0.4) is 0 Å². The Labute approximate surface area is 115 Å². The largest absolute Gasteiger partial charge is 0.316 e. The molecular weight excluding hydrogens is 239 g/mol. The maximum absolute atomic E-state index is 14.0. The van der Waals surface area contributed by atoms with Crippen molar-refractivity contribution in [1.29, 1.82) is 0 Å². The number of fused-ring (bicyclic) bond motifs is 1. The predicted molar refractivity (Wildman–Crippen MR) is 75.4 cm³/mol. The maximum Gasteiger partial charge on any atom is 0.127 e. The first-order valence-electron chi connectivity index (χ1n) is 7.23. The standard InChI is InChI=1S/C16H23FN2/c1-11(13-6-4-5-7-15(13)17)19-10-12-8-18-9-14(12)16(19,2)3/h4-7,11-12,14,18H,8-10H2,1-3H3. The first-order chi connectivity index (χ1) is 9.01. The summed E-state index contributed by atoms with van der Waals surface area (Å²) in [6.45, 7) is 10.0. The van der Waals surface area contributed by atoms with Crippen LogP contribution >= 0.6 is 0 Å². The number of nitrogens with one attached hydrogen (secondary N) is 1. The van der Waals surface area contributed by atoms with Crippen molar-refractivity contribution in [2.24, 2.45) is 11.8 Å². The summed E-state index contributed by atoms with van der Waals surface area (Å²) in [5, 5.41) is 3.49. The van der Waals surface area contributed by atoms with Gasteiger partial charge in [-0.15, -0.1) is 0 Å². The Morgan fingerprint density at radius 2 is 2.05 bits per heavy atom. The van der Waals surface area contributed by atoms with Crippen molar-refractivity contribution < 1.29 is 4.39 Å². The summed E-state index contributed by atoms with van der Waals surface area (Å²) in [4.78, 5) is 2.49. The molecule has 2 aliphatic rings. The monoisotopic (exact) mass is 262 g/mol. The van der Waals surface area contributed by atoms with Crippen molar-refractivity contribution in [3.8, 4) is 0 Å². The zero-order valence-electron chi connectivity index (χ0n) is 12.0. The normalized spacial score (nSPS) is 31.4. The van der Waals surface area contributed by atoms with Gasteiger partial charge in [-0.05, 0) is 45.2 Å². The highest BCUT2D eigenvalue weighted by Crippen LogP contribution is 2.45. The van der Waals surface area contributed by atoms with Gasteiger partial charge in [-0.2, -0.15) is 0 Å². The first kappa shape index (κ1) is 13.1. The lowest BCUT2D eigenvalue weighted by Gasteiger charge is -2.40. The average molecular weight is 262 g/mol. The Morgan fingerprint density at radius 3 is 2.74 bits per heavy atom. The lowest BCUT2D eigenvalue weighted by molar-refractivity contribution is 0.0953. The minimum atomic E-state index is -0.0824. The Bertz CT molecular complexity index is 472. The summed E-state index contributed by atoms with van der Waals surface area (Å²) in [7, 11) is 0. The lowest BCUT2D eigenvalue weighted by Crippen LogP contribution is -2.45. The van der Waals surface area contributed by atoms with Gasteiger partial charge in [0.05, 0.1) is 0 Å². The van der Waals surface area contributed by atoms with Crippen molar-refractivity contribution in [3.05, 3.63) is 35.6 Å². The van der Waals surface area contributed by atoms with E-state index in [0.29, 0.717) is 11.8 Å². The van der Waals surface area contributed by atoms with Gasteiger partial charge in [0.2, 0.25) is 0 Å². The molecule has 2 aliphatic heterocycles. The first-order valence-corrected chi connectivity index (χ1v) is 7.23. The minimum Gasteiger partial charge on any atom is -0.316 e. The van der Waals surface area contributed by atoms with Crippen molar-refractivity contribution >= 4 is 0 Å². The van der Waals surface area contributed by atoms with Gasteiger partial charge in [0.25, 0.3) is 0 Å². The lowest BCUT2D eigenvalue weighted by atomic mass is 9.84. The number of hydrogen-bond acceptors (Lipinski definition) is 2. The summed E-state index contributed by atoms with van der Waals surface area (Å²) in [5.41, 5.74) is 0.957. The third kappa shape index (κ3) is 2.00. The van der Waals surface area contributed by atoms with Gasteiger partial charge in [-0.3, -0.25) is 4.90 Å². The second-order valence-electron chi connectivity index (χ2n) is 6.53. The smallest absolute Gasteiger partial charge is 0.127 e. The molecule has 0 saturated carbocycles. The van der Waals surface area contributed by atoms with Crippen LogP contribution in [-0.2, 0) is 0 Å². The summed E-state index contributed by atoms with van der Waals surface area (Å²) in [6.07, 6.45) is 0. The van der Waals surface area contributed by atoms with Crippen LogP contribution in [0.4, 0.5) is 4.39 Å². The highest BCUT2D eigenvalue weighted by atomic mass is 19.1. The number of nitrogens with zero attached hydrogens (tertiary/aromatic N) is 1. The molecule has 0 aliphatic carbocycles. The molecule has 3 rings (SSSR count). The zero-order valence-corrected chi connectivity index (χ0v) is 12.0. The number of benzene rings is 1. The average Bonchev–Trinajstić information content (AvgIpc) is 2.92. The Morgan fingerprint density at radius 1 is 1.32 bits per heavy atom.